The molecule has 0 bridgehead atoms. The molecule has 0 aliphatic heterocycles. The molecule has 0 amide bonds. The molecular formula is C27H25O5P. The van der Waals surface area contributed by atoms with Crippen molar-refractivity contribution in [3.63, 3.8) is 0 Å². The Labute approximate surface area is 194 Å². The van der Waals surface area contributed by atoms with Gasteiger partial charge in [0.2, 0.25) is 0 Å². The lowest BCUT2D eigenvalue weighted by atomic mass is 10.3. The lowest BCUT2D eigenvalue weighted by Crippen LogP contribution is -2.39. The Morgan fingerprint density at radius 2 is 0.939 bits per heavy atom. The van der Waals surface area contributed by atoms with Crippen molar-refractivity contribution in [2.75, 3.05) is 21.3 Å². The molecule has 33 heavy (non-hydrogen) atoms. The van der Waals surface area contributed by atoms with Gasteiger partial charge >= 0.3 is 0 Å². The van der Waals surface area contributed by atoms with Crippen molar-refractivity contribution in [1.82, 2.24) is 0 Å². The second-order valence-corrected chi connectivity index (χ2v) is 10.8. The molecule has 0 radical (unpaired) electrons. The summed E-state index contributed by atoms with van der Waals surface area (Å²) in [6.45, 7) is 0. The van der Waals surface area contributed by atoms with Crippen molar-refractivity contribution in [2.45, 2.75) is 0 Å². The fourth-order valence-corrected chi connectivity index (χ4v) is 8.30. The first-order valence-corrected chi connectivity index (χ1v) is 12.2. The maximum Gasteiger partial charge on any atom is 0.143 e. The molecule has 4 aromatic rings. The lowest BCUT2D eigenvalue weighted by molar-refractivity contribution is -0.266. The molecule has 0 saturated carbocycles. The monoisotopic (exact) mass is 460 g/mol. The van der Waals surface area contributed by atoms with E-state index in [0.29, 0.717) is 5.30 Å². The van der Waals surface area contributed by atoms with Gasteiger partial charge in [-0.05, 0) is 78.9 Å². The Hall–Kier alpha value is -3.69. The maximum absolute atomic E-state index is 13.3. The lowest BCUT2D eigenvalue weighted by Gasteiger charge is -2.31. The third-order valence-corrected chi connectivity index (χ3v) is 9.97. The van der Waals surface area contributed by atoms with Crippen LogP contribution in [0.1, 0.15) is 0 Å². The minimum atomic E-state index is -2.70. The van der Waals surface area contributed by atoms with E-state index in [0.717, 1.165) is 33.2 Å². The molecule has 0 fully saturated rings. The smallest absolute Gasteiger partial charge is 0.143 e. The molecule has 0 aromatic heterocycles. The van der Waals surface area contributed by atoms with Crippen LogP contribution in [-0.4, -0.2) is 26.4 Å². The van der Waals surface area contributed by atoms with Crippen molar-refractivity contribution in [3.05, 3.63) is 91.0 Å². The molecule has 0 aliphatic rings. The second-order valence-electron chi connectivity index (χ2n) is 7.42. The van der Waals surface area contributed by atoms with E-state index in [1.165, 1.54) is 12.1 Å². The molecule has 5 nitrogen and oxygen atoms in total. The van der Waals surface area contributed by atoms with Crippen molar-refractivity contribution >= 4 is 28.5 Å². The van der Waals surface area contributed by atoms with Gasteiger partial charge in [0, 0.05) is 6.07 Å². The molecule has 168 valence electrons. The number of phenols is 1. The second kappa shape index (κ2) is 9.43. The predicted molar refractivity (Wildman–Crippen MR) is 132 cm³/mol. The van der Waals surface area contributed by atoms with E-state index in [-0.39, 0.29) is 11.5 Å². The third kappa shape index (κ3) is 4.08. The van der Waals surface area contributed by atoms with Gasteiger partial charge in [-0.25, -0.2) is 0 Å². The van der Waals surface area contributed by atoms with Gasteiger partial charge in [-0.3, -0.25) is 0 Å². The summed E-state index contributed by atoms with van der Waals surface area (Å²) in [4.78, 5) is 0. The predicted octanol–water partition coefficient (Wildman–Crippen LogP) is 3.11. The highest BCUT2D eigenvalue weighted by molar-refractivity contribution is 8.01. The van der Waals surface area contributed by atoms with Crippen molar-refractivity contribution in [3.8, 4) is 28.7 Å². The van der Waals surface area contributed by atoms with Crippen LogP contribution in [-0.2, 0) is 0 Å². The molecule has 0 atom stereocenters. The van der Waals surface area contributed by atoms with E-state index in [1.54, 1.807) is 27.4 Å². The van der Waals surface area contributed by atoms with Crippen LogP contribution >= 0.6 is 7.26 Å². The zero-order valence-electron chi connectivity index (χ0n) is 18.7. The summed E-state index contributed by atoms with van der Waals surface area (Å²) < 4.78 is 16.1. The van der Waals surface area contributed by atoms with Gasteiger partial charge in [0.05, 0.1) is 21.3 Å². The van der Waals surface area contributed by atoms with E-state index in [1.807, 2.05) is 72.8 Å². The van der Waals surface area contributed by atoms with Crippen molar-refractivity contribution in [1.29, 1.82) is 0 Å². The van der Waals surface area contributed by atoms with Crippen LogP contribution in [0.4, 0.5) is 0 Å². The SMILES string of the molecule is COc1ccc([P+](c2ccc(OC)cc2)(c2ccc(OC)cc2)c2cc(O)ccc2[O-])cc1. The minimum Gasteiger partial charge on any atom is -0.870 e. The molecule has 0 saturated heterocycles. The number of phenolic OH excluding ortho intramolecular Hbond substituents is 1. The van der Waals surface area contributed by atoms with Gasteiger partial charge < -0.3 is 24.4 Å². The van der Waals surface area contributed by atoms with Crippen LogP contribution < -0.4 is 40.5 Å². The molecule has 0 aliphatic carbocycles. The number of ether oxygens (including phenoxy) is 3. The van der Waals surface area contributed by atoms with Gasteiger partial charge in [-0.2, -0.15) is 0 Å². The van der Waals surface area contributed by atoms with Crippen LogP contribution in [0, 0.1) is 0 Å². The summed E-state index contributed by atoms with van der Waals surface area (Å²) in [6, 6.07) is 27.7. The zero-order chi connectivity index (χ0) is 23.4. The molecule has 4 aromatic carbocycles. The Balaban J connectivity index is 2.12. The molecular weight excluding hydrogens is 435 g/mol. The van der Waals surface area contributed by atoms with E-state index < -0.39 is 7.26 Å². The quantitative estimate of drug-likeness (QED) is 0.429. The van der Waals surface area contributed by atoms with Crippen LogP contribution in [0.3, 0.4) is 0 Å². The average Bonchev–Trinajstić information content (AvgIpc) is 2.87. The Kier molecular flexibility index (Phi) is 6.43. The standard InChI is InChI=1S/C27H25O5P/c1-30-20-5-11-23(12-6-20)33(24-13-7-21(31-2)8-14-24,25-15-9-22(32-3)10-16-25)27-18-19(28)4-17-26(27)29/h4-18H,1-3H3,(H-,28,29). The van der Waals surface area contributed by atoms with Crippen molar-refractivity contribution in [2.24, 2.45) is 0 Å². The average molecular weight is 460 g/mol. The van der Waals surface area contributed by atoms with E-state index in [2.05, 4.69) is 0 Å². The molecule has 4 rings (SSSR count). The topological polar surface area (TPSA) is 71.0 Å². The Morgan fingerprint density at radius 3 is 1.27 bits per heavy atom. The number of benzene rings is 4. The van der Waals surface area contributed by atoms with Crippen LogP contribution in [0.5, 0.6) is 28.7 Å². The number of aromatic hydroxyl groups is 1. The van der Waals surface area contributed by atoms with Gasteiger partial charge in [0.15, 0.2) is 0 Å². The van der Waals surface area contributed by atoms with Crippen LogP contribution in [0.15, 0.2) is 91.0 Å². The van der Waals surface area contributed by atoms with Crippen LogP contribution in [0.25, 0.3) is 0 Å². The number of methoxy groups -OCH3 is 3. The molecule has 6 heteroatoms. The summed E-state index contributed by atoms with van der Waals surface area (Å²) in [5.41, 5.74) is 0. The van der Waals surface area contributed by atoms with Gasteiger partial charge in [-0.15, -0.1) is 0 Å². The fraction of sp³-hybridized carbons (Fsp3) is 0.111. The van der Waals surface area contributed by atoms with E-state index >= 15 is 0 Å². The van der Waals surface area contributed by atoms with E-state index in [9.17, 15) is 10.2 Å². The first-order chi connectivity index (χ1) is 16.0. The highest BCUT2D eigenvalue weighted by atomic mass is 31.2. The largest absolute Gasteiger partial charge is 0.870 e. The number of hydrogen-bond donors (Lipinski definition) is 1. The Morgan fingerprint density at radius 1 is 0.576 bits per heavy atom. The number of rotatable bonds is 7. The van der Waals surface area contributed by atoms with Crippen LogP contribution in [0.2, 0.25) is 0 Å². The molecule has 0 spiro atoms. The molecule has 0 unspecified atom stereocenters. The normalized spacial score (nSPS) is 11.1. The summed E-state index contributed by atoms with van der Waals surface area (Å²) in [5.74, 6) is 2.08. The third-order valence-electron chi connectivity index (χ3n) is 5.68. The highest BCUT2D eigenvalue weighted by Gasteiger charge is 2.48. The summed E-state index contributed by atoms with van der Waals surface area (Å²) >= 11 is 0. The first kappa shape index (κ1) is 22.5. The van der Waals surface area contributed by atoms with E-state index in [4.69, 9.17) is 14.2 Å². The van der Waals surface area contributed by atoms with Crippen molar-refractivity contribution < 1.29 is 24.4 Å². The highest BCUT2D eigenvalue weighted by Crippen LogP contribution is 2.56. The van der Waals surface area contributed by atoms with Gasteiger partial charge in [-0.1, -0.05) is 11.8 Å². The first-order valence-electron chi connectivity index (χ1n) is 10.4. The Bertz CT molecular complexity index is 1100. The summed E-state index contributed by atoms with van der Waals surface area (Å²) in [6.07, 6.45) is 0. The molecule has 1 N–H and O–H groups in total. The summed E-state index contributed by atoms with van der Waals surface area (Å²) in [5, 5.41) is 27.2. The zero-order valence-corrected chi connectivity index (χ0v) is 19.6. The minimum absolute atomic E-state index is 0.0458. The number of hydrogen-bond acceptors (Lipinski definition) is 5. The van der Waals surface area contributed by atoms with Gasteiger partial charge in [0.1, 0.15) is 51.5 Å². The summed E-state index contributed by atoms with van der Waals surface area (Å²) in [7, 11) is 2.16. The molecule has 0 heterocycles. The van der Waals surface area contributed by atoms with Gasteiger partial charge in [0.25, 0.3) is 0 Å². The fourth-order valence-electron chi connectivity index (χ4n) is 4.05. The maximum atomic E-state index is 13.3.